The van der Waals surface area contributed by atoms with Crippen molar-refractivity contribution in [2.45, 2.75) is 51.9 Å². The lowest BCUT2D eigenvalue weighted by Crippen LogP contribution is -2.34. The second-order valence-electron chi connectivity index (χ2n) is 6.64. The summed E-state index contributed by atoms with van der Waals surface area (Å²) < 4.78 is 0. The van der Waals surface area contributed by atoms with Gasteiger partial charge in [-0.15, -0.1) is 11.3 Å². The molecular weight excluding hydrogens is 308 g/mol. The van der Waals surface area contributed by atoms with Crippen LogP contribution in [0.5, 0.6) is 0 Å². The van der Waals surface area contributed by atoms with Crippen molar-refractivity contribution in [2.75, 3.05) is 19.6 Å². The fourth-order valence-electron chi connectivity index (χ4n) is 3.46. The number of fused-ring (bicyclic) bond motifs is 1. The number of hydrogen-bond donors (Lipinski definition) is 1. The Hall–Kier alpha value is -1.36. The van der Waals surface area contributed by atoms with E-state index in [1.807, 2.05) is 11.0 Å². The van der Waals surface area contributed by atoms with Crippen LogP contribution in [-0.4, -0.2) is 36.3 Å². The smallest absolute Gasteiger partial charge is 0.263 e. The predicted molar refractivity (Wildman–Crippen MR) is 92.9 cm³/mol. The summed E-state index contributed by atoms with van der Waals surface area (Å²) in [4.78, 5) is 28.9. The van der Waals surface area contributed by atoms with Crippen molar-refractivity contribution in [2.24, 2.45) is 5.92 Å². The van der Waals surface area contributed by atoms with Crippen molar-refractivity contribution in [1.29, 1.82) is 0 Å². The van der Waals surface area contributed by atoms with Crippen molar-refractivity contribution >= 4 is 23.2 Å². The summed E-state index contributed by atoms with van der Waals surface area (Å²) in [5.74, 6) is 0.442. The third-order valence-electron chi connectivity index (χ3n) is 4.89. The number of carbonyl (C=O) groups excluding carboxylic acids is 2. The maximum Gasteiger partial charge on any atom is 0.263 e. The van der Waals surface area contributed by atoms with E-state index in [1.165, 1.54) is 10.4 Å². The van der Waals surface area contributed by atoms with E-state index in [4.69, 9.17) is 0 Å². The molecule has 0 aromatic carbocycles. The molecule has 1 N–H and O–H groups in total. The zero-order chi connectivity index (χ0) is 16.2. The Kier molecular flexibility index (Phi) is 5.36. The summed E-state index contributed by atoms with van der Waals surface area (Å²) in [5, 5.41) is 3.05. The zero-order valence-electron chi connectivity index (χ0n) is 13.9. The lowest BCUT2D eigenvalue weighted by atomic mass is 9.87. The molecule has 2 heterocycles. The first kappa shape index (κ1) is 16.5. The summed E-state index contributed by atoms with van der Waals surface area (Å²) in [6, 6.07) is 2.05. The molecule has 1 aliphatic carbocycles. The van der Waals surface area contributed by atoms with Gasteiger partial charge in [-0.2, -0.15) is 0 Å². The zero-order valence-corrected chi connectivity index (χ0v) is 14.7. The SMILES string of the molecule is CCCCNC(=O)C1CCc2sc(C(=O)N3CCCC3)cc2C1. The predicted octanol–water partition coefficient (Wildman–Crippen LogP) is 3.01. The second kappa shape index (κ2) is 7.47. The van der Waals surface area contributed by atoms with Gasteiger partial charge >= 0.3 is 0 Å². The Morgan fingerprint density at radius 1 is 1.35 bits per heavy atom. The van der Waals surface area contributed by atoms with Crippen LogP contribution in [0, 0.1) is 5.92 Å². The average molecular weight is 334 g/mol. The molecule has 1 aromatic rings. The van der Waals surface area contributed by atoms with Gasteiger partial charge in [-0.3, -0.25) is 9.59 Å². The van der Waals surface area contributed by atoms with E-state index in [-0.39, 0.29) is 17.7 Å². The summed E-state index contributed by atoms with van der Waals surface area (Å²) >= 11 is 1.64. The molecule has 2 aliphatic rings. The number of amides is 2. The van der Waals surface area contributed by atoms with Crippen LogP contribution in [0.2, 0.25) is 0 Å². The van der Waals surface area contributed by atoms with Crippen LogP contribution in [0.3, 0.4) is 0 Å². The molecular formula is C18H26N2O2S. The van der Waals surface area contributed by atoms with Crippen LogP contribution < -0.4 is 5.32 Å². The highest BCUT2D eigenvalue weighted by Gasteiger charge is 2.28. The van der Waals surface area contributed by atoms with Gasteiger partial charge in [0.2, 0.25) is 5.91 Å². The fraction of sp³-hybridized carbons (Fsp3) is 0.667. The fourth-order valence-corrected chi connectivity index (χ4v) is 4.64. The van der Waals surface area contributed by atoms with Gasteiger partial charge in [0.15, 0.2) is 0 Å². The van der Waals surface area contributed by atoms with Crippen molar-refractivity contribution in [3.63, 3.8) is 0 Å². The molecule has 3 rings (SSSR count). The maximum atomic E-state index is 12.5. The Morgan fingerprint density at radius 2 is 2.13 bits per heavy atom. The molecule has 0 bridgehead atoms. The minimum atomic E-state index is 0.0729. The number of hydrogen-bond acceptors (Lipinski definition) is 3. The summed E-state index contributed by atoms with van der Waals surface area (Å²) in [6.07, 6.45) is 7.00. The van der Waals surface area contributed by atoms with Crippen LogP contribution >= 0.6 is 11.3 Å². The molecule has 1 fully saturated rings. The normalized spacial score (nSPS) is 20.4. The van der Waals surface area contributed by atoms with Gasteiger partial charge in [0.1, 0.15) is 0 Å². The van der Waals surface area contributed by atoms with Crippen molar-refractivity contribution < 1.29 is 9.59 Å². The Bertz CT molecular complexity index is 576. The van der Waals surface area contributed by atoms with Crippen molar-refractivity contribution in [1.82, 2.24) is 10.2 Å². The molecule has 23 heavy (non-hydrogen) atoms. The molecule has 5 heteroatoms. The minimum Gasteiger partial charge on any atom is -0.356 e. The van der Waals surface area contributed by atoms with Gasteiger partial charge in [-0.25, -0.2) is 0 Å². The average Bonchev–Trinajstić information content (AvgIpc) is 3.23. The van der Waals surface area contributed by atoms with Crippen LogP contribution in [0.15, 0.2) is 6.07 Å². The molecule has 1 atom stereocenters. The van der Waals surface area contributed by atoms with E-state index in [9.17, 15) is 9.59 Å². The van der Waals surface area contributed by atoms with Crippen molar-refractivity contribution in [3.05, 3.63) is 21.4 Å². The molecule has 126 valence electrons. The van der Waals surface area contributed by atoms with E-state index in [0.29, 0.717) is 0 Å². The number of aryl methyl sites for hydroxylation is 1. The number of nitrogens with zero attached hydrogens (tertiary/aromatic N) is 1. The molecule has 1 saturated heterocycles. The van der Waals surface area contributed by atoms with E-state index in [1.54, 1.807) is 11.3 Å². The van der Waals surface area contributed by atoms with Gasteiger partial charge in [0.25, 0.3) is 5.91 Å². The number of unbranched alkanes of at least 4 members (excludes halogenated alkanes) is 1. The largest absolute Gasteiger partial charge is 0.356 e. The molecule has 2 amide bonds. The first-order valence-electron chi connectivity index (χ1n) is 8.87. The van der Waals surface area contributed by atoms with Crippen LogP contribution in [0.4, 0.5) is 0 Å². The van der Waals surface area contributed by atoms with Crippen LogP contribution in [0.25, 0.3) is 0 Å². The topological polar surface area (TPSA) is 49.4 Å². The Morgan fingerprint density at radius 3 is 2.87 bits per heavy atom. The lowest BCUT2D eigenvalue weighted by Gasteiger charge is -2.21. The number of rotatable bonds is 5. The summed E-state index contributed by atoms with van der Waals surface area (Å²) in [5.41, 5.74) is 1.22. The highest BCUT2D eigenvalue weighted by Crippen LogP contribution is 2.33. The lowest BCUT2D eigenvalue weighted by molar-refractivity contribution is -0.125. The van der Waals surface area contributed by atoms with E-state index in [0.717, 1.165) is 69.5 Å². The number of likely N-dealkylation sites (tertiary alicyclic amines) is 1. The number of nitrogens with one attached hydrogen (secondary N) is 1. The quantitative estimate of drug-likeness (QED) is 0.842. The summed E-state index contributed by atoms with van der Waals surface area (Å²) in [6.45, 7) is 4.69. The minimum absolute atomic E-state index is 0.0729. The number of thiophene rings is 1. The van der Waals surface area contributed by atoms with Gasteiger partial charge in [-0.1, -0.05) is 13.3 Å². The summed E-state index contributed by atoms with van der Waals surface area (Å²) in [7, 11) is 0. The molecule has 4 nitrogen and oxygen atoms in total. The standard InChI is InChI=1S/C18H26N2O2S/c1-2-3-8-19-17(21)13-6-7-15-14(11-13)12-16(23-15)18(22)20-9-4-5-10-20/h12-13H,2-11H2,1H3,(H,19,21). The third kappa shape index (κ3) is 3.77. The molecule has 1 aliphatic heterocycles. The van der Waals surface area contributed by atoms with E-state index >= 15 is 0 Å². The number of carbonyl (C=O) groups is 2. The van der Waals surface area contributed by atoms with Gasteiger partial charge in [0.05, 0.1) is 4.88 Å². The van der Waals surface area contributed by atoms with Gasteiger partial charge in [-0.05, 0) is 50.2 Å². The van der Waals surface area contributed by atoms with E-state index < -0.39 is 0 Å². The first-order chi connectivity index (χ1) is 11.2. The second-order valence-corrected chi connectivity index (χ2v) is 7.78. The van der Waals surface area contributed by atoms with Crippen LogP contribution in [-0.2, 0) is 17.6 Å². The van der Waals surface area contributed by atoms with Crippen LogP contribution in [0.1, 0.15) is 59.1 Å². The Balaban J connectivity index is 1.62. The molecule has 1 aromatic heterocycles. The third-order valence-corrected chi connectivity index (χ3v) is 6.11. The Labute approximate surface area is 142 Å². The molecule has 1 unspecified atom stereocenters. The molecule has 0 saturated carbocycles. The maximum absolute atomic E-state index is 12.5. The van der Waals surface area contributed by atoms with Gasteiger partial charge < -0.3 is 10.2 Å². The van der Waals surface area contributed by atoms with Crippen molar-refractivity contribution in [3.8, 4) is 0 Å². The first-order valence-corrected chi connectivity index (χ1v) is 9.69. The van der Waals surface area contributed by atoms with Gasteiger partial charge in [0, 0.05) is 30.4 Å². The highest BCUT2D eigenvalue weighted by molar-refractivity contribution is 7.14. The molecule has 0 radical (unpaired) electrons. The monoisotopic (exact) mass is 334 g/mol. The van der Waals surface area contributed by atoms with E-state index in [2.05, 4.69) is 12.2 Å². The highest BCUT2D eigenvalue weighted by atomic mass is 32.1. The molecule has 0 spiro atoms.